The van der Waals surface area contributed by atoms with Crippen LogP contribution in [0.3, 0.4) is 0 Å². The molecule has 0 fully saturated rings. The minimum atomic E-state index is -9.41. The van der Waals surface area contributed by atoms with E-state index >= 15 is 0 Å². The maximum absolute atomic E-state index is 13.5. The standard InChI is InChI=1S/C10HF21O3S/c11-1(12,3(15,16)5(19,20)7(23,24)9(26,27)28)2(13,14)4(17,18)6(21,22)8(25,10(29,30)31)35(32,33)34/h(H,32,33,34). The van der Waals surface area contributed by atoms with E-state index in [0.29, 0.717) is 0 Å². The van der Waals surface area contributed by atoms with Gasteiger partial charge < -0.3 is 0 Å². The van der Waals surface area contributed by atoms with Crippen LogP contribution in [0.5, 0.6) is 0 Å². The molecule has 0 aromatic rings. The molecule has 0 aromatic carbocycles. The van der Waals surface area contributed by atoms with Gasteiger partial charge in [-0.1, -0.05) is 0 Å². The van der Waals surface area contributed by atoms with Crippen LogP contribution in [0.15, 0.2) is 0 Å². The number of rotatable bonds is 8. The largest absolute Gasteiger partial charge is 0.460 e. The van der Waals surface area contributed by atoms with E-state index in [-0.39, 0.29) is 0 Å². The molecular weight excluding hydrogens is 599 g/mol. The highest BCUT2D eigenvalue weighted by molar-refractivity contribution is 7.87. The van der Waals surface area contributed by atoms with Gasteiger partial charge in [-0.05, 0) is 0 Å². The van der Waals surface area contributed by atoms with Crippen molar-refractivity contribution >= 4 is 10.1 Å². The van der Waals surface area contributed by atoms with Crippen LogP contribution in [-0.4, -0.2) is 71.8 Å². The Morgan fingerprint density at radius 2 is 0.543 bits per heavy atom. The third-order valence-electron chi connectivity index (χ3n) is 3.85. The van der Waals surface area contributed by atoms with Crippen molar-refractivity contribution < 1.29 is 105 Å². The van der Waals surface area contributed by atoms with E-state index in [9.17, 15) is 101 Å². The lowest BCUT2D eigenvalue weighted by molar-refractivity contribution is -0.467. The lowest BCUT2D eigenvalue weighted by Gasteiger charge is -2.44. The summed E-state index contributed by atoms with van der Waals surface area (Å²) in [6.45, 7) is 0. The van der Waals surface area contributed by atoms with Crippen LogP contribution in [0.1, 0.15) is 0 Å². The van der Waals surface area contributed by atoms with E-state index < -0.39 is 68.9 Å². The van der Waals surface area contributed by atoms with Gasteiger partial charge in [-0.15, -0.1) is 0 Å². The molecule has 0 aliphatic carbocycles. The second-order valence-corrected chi connectivity index (χ2v) is 7.60. The van der Waals surface area contributed by atoms with Crippen LogP contribution in [-0.2, 0) is 10.1 Å². The molecule has 1 N–H and O–H groups in total. The monoisotopic (exact) mass is 600 g/mol. The van der Waals surface area contributed by atoms with Crippen molar-refractivity contribution in [3.8, 4) is 0 Å². The highest BCUT2D eigenvalue weighted by Gasteiger charge is 2.99. The van der Waals surface area contributed by atoms with Crippen LogP contribution in [0.2, 0.25) is 0 Å². The summed E-state index contributed by atoms with van der Waals surface area (Å²) in [6.07, 6.45) is -16.3. The summed E-state index contributed by atoms with van der Waals surface area (Å²) in [6, 6.07) is 0. The van der Waals surface area contributed by atoms with E-state index in [2.05, 4.69) is 0 Å². The fourth-order valence-corrected chi connectivity index (χ4v) is 2.60. The average Bonchev–Trinajstić information content (AvgIpc) is 2.56. The second kappa shape index (κ2) is 7.72. The van der Waals surface area contributed by atoms with Crippen LogP contribution in [0, 0.1) is 0 Å². The summed E-state index contributed by atoms with van der Waals surface area (Å²) >= 11 is 0. The zero-order valence-electron chi connectivity index (χ0n) is 14.6. The molecule has 35 heavy (non-hydrogen) atoms. The summed E-state index contributed by atoms with van der Waals surface area (Å²) < 4.78 is 299. The normalized spacial score (nSPS) is 18.5. The van der Waals surface area contributed by atoms with Crippen LogP contribution in [0.25, 0.3) is 0 Å². The molecule has 0 saturated carbocycles. The first-order chi connectivity index (χ1) is 14.5. The first-order valence-electron chi connectivity index (χ1n) is 6.94. The Hall–Kier alpha value is -1.56. The Labute approximate surface area is 175 Å². The van der Waals surface area contributed by atoms with Crippen molar-refractivity contribution in [1.82, 2.24) is 0 Å². The minimum Gasteiger partial charge on any atom is -0.283 e. The molecule has 0 heterocycles. The molecule has 0 bridgehead atoms. The van der Waals surface area contributed by atoms with Gasteiger partial charge in [0.05, 0.1) is 0 Å². The lowest BCUT2D eigenvalue weighted by atomic mass is 9.87. The van der Waals surface area contributed by atoms with Crippen molar-refractivity contribution in [2.24, 2.45) is 0 Å². The van der Waals surface area contributed by atoms with Gasteiger partial charge in [0.1, 0.15) is 0 Å². The molecule has 25 heteroatoms. The Morgan fingerprint density at radius 3 is 0.714 bits per heavy atom. The van der Waals surface area contributed by atoms with Crippen LogP contribution in [0.4, 0.5) is 92.2 Å². The molecule has 212 valence electrons. The predicted molar refractivity (Wildman–Crippen MR) is 62.1 cm³/mol. The number of hydrogen-bond donors (Lipinski definition) is 1. The Balaban J connectivity index is 7.39. The van der Waals surface area contributed by atoms with Crippen molar-refractivity contribution in [2.75, 3.05) is 0 Å². The summed E-state index contributed by atoms with van der Waals surface area (Å²) in [7, 11) is -8.58. The molecule has 1 unspecified atom stereocenters. The van der Waals surface area contributed by atoms with Gasteiger partial charge in [0.15, 0.2) is 0 Å². The Kier molecular flexibility index (Phi) is 7.38. The Bertz CT molecular complexity index is 911. The second-order valence-electron chi connectivity index (χ2n) is 6.09. The first-order valence-corrected chi connectivity index (χ1v) is 8.38. The van der Waals surface area contributed by atoms with Gasteiger partial charge in [-0.2, -0.15) is 96.2 Å². The maximum Gasteiger partial charge on any atom is 0.460 e. The van der Waals surface area contributed by atoms with Crippen molar-refractivity contribution in [1.29, 1.82) is 0 Å². The van der Waals surface area contributed by atoms with Gasteiger partial charge in [0.2, 0.25) is 0 Å². The van der Waals surface area contributed by atoms with Crippen LogP contribution >= 0.6 is 0 Å². The topological polar surface area (TPSA) is 54.4 Å². The van der Waals surface area contributed by atoms with Gasteiger partial charge in [0, 0.05) is 0 Å². The summed E-state index contributed by atoms with van der Waals surface area (Å²) in [5.74, 6) is -64.0. The third kappa shape index (κ3) is 3.84. The highest BCUT2D eigenvalue weighted by atomic mass is 32.2. The maximum atomic E-state index is 13.5. The number of halogens is 21. The average molecular weight is 600 g/mol. The quantitative estimate of drug-likeness (QED) is 0.271. The molecule has 0 spiro atoms. The molecule has 3 nitrogen and oxygen atoms in total. The zero-order valence-corrected chi connectivity index (χ0v) is 15.4. The fraction of sp³-hybridized carbons (Fsp3) is 1.00. The van der Waals surface area contributed by atoms with E-state index in [1.54, 1.807) is 0 Å². The summed E-state index contributed by atoms with van der Waals surface area (Å²) in [5.41, 5.74) is 0. The summed E-state index contributed by atoms with van der Waals surface area (Å²) in [5, 5.41) is -8.52. The molecule has 0 radical (unpaired) electrons. The molecule has 0 aliphatic heterocycles. The van der Waals surface area contributed by atoms with Gasteiger partial charge in [-0.25, -0.2) is 4.39 Å². The molecule has 0 aliphatic rings. The van der Waals surface area contributed by atoms with Gasteiger partial charge in [0.25, 0.3) is 0 Å². The van der Waals surface area contributed by atoms with E-state index in [1.807, 2.05) is 0 Å². The van der Waals surface area contributed by atoms with E-state index in [0.717, 1.165) is 0 Å². The molecule has 0 aromatic heterocycles. The first kappa shape index (κ1) is 33.4. The van der Waals surface area contributed by atoms with Gasteiger partial charge >= 0.3 is 68.9 Å². The molecule has 0 saturated heterocycles. The van der Waals surface area contributed by atoms with Gasteiger partial charge in [-0.3, -0.25) is 4.55 Å². The van der Waals surface area contributed by atoms with Crippen molar-refractivity contribution in [2.45, 2.75) is 58.8 Å². The van der Waals surface area contributed by atoms with E-state index in [4.69, 9.17) is 4.55 Å². The smallest absolute Gasteiger partial charge is 0.283 e. The molecular formula is C10HF21O3S. The Morgan fingerprint density at radius 1 is 0.343 bits per heavy atom. The predicted octanol–water partition coefficient (Wildman–Crippen LogP) is 6.11. The SMILES string of the molecule is O=S(=O)(O)C(F)(C(F)(F)F)C(F)(F)C(F)(F)C(F)(F)C(F)(F)C(F)(F)C(F)(F)C(F)(F)C(F)(F)F. The number of hydrogen-bond acceptors (Lipinski definition) is 2. The molecule has 1 atom stereocenters. The highest BCUT2D eigenvalue weighted by Crippen LogP contribution is 2.66. The molecule has 0 amide bonds. The number of alkyl halides is 21. The minimum absolute atomic E-state index is 7.86. The fourth-order valence-electron chi connectivity index (χ4n) is 1.85. The third-order valence-corrected chi connectivity index (χ3v) is 5.04. The van der Waals surface area contributed by atoms with E-state index in [1.165, 1.54) is 0 Å². The van der Waals surface area contributed by atoms with Crippen LogP contribution < -0.4 is 0 Å². The summed E-state index contributed by atoms with van der Waals surface area (Å²) in [4.78, 5) is 0. The van der Waals surface area contributed by atoms with Crippen molar-refractivity contribution in [3.05, 3.63) is 0 Å². The van der Waals surface area contributed by atoms with Crippen molar-refractivity contribution in [3.63, 3.8) is 0 Å². The lowest BCUT2D eigenvalue weighted by Crippen LogP contribution is -2.78. The molecule has 0 rings (SSSR count). The zero-order chi connectivity index (χ0) is 29.5.